The van der Waals surface area contributed by atoms with E-state index in [0.717, 1.165) is 19.6 Å². The van der Waals surface area contributed by atoms with Gasteiger partial charge in [0.2, 0.25) is 0 Å². The summed E-state index contributed by atoms with van der Waals surface area (Å²) in [5, 5.41) is 4.72. The van der Waals surface area contributed by atoms with Gasteiger partial charge in [-0.3, -0.25) is 4.90 Å². The fourth-order valence-electron chi connectivity index (χ4n) is 2.81. The Morgan fingerprint density at radius 1 is 1.33 bits per heavy atom. The molecule has 1 aliphatic heterocycles. The van der Waals surface area contributed by atoms with Crippen LogP contribution < -0.4 is 5.32 Å². The van der Waals surface area contributed by atoms with Gasteiger partial charge in [-0.15, -0.1) is 0 Å². The van der Waals surface area contributed by atoms with Crippen molar-refractivity contribution in [1.29, 1.82) is 0 Å². The van der Waals surface area contributed by atoms with Gasteiger partial charge in [-0.25, -0.2) is 0 Å². The van der Waals surface area contributed by atoms with Crippen molar-refractivity contribution in [3.63, 3.8) is 0 Å². The van der Waals surface area contributed by atoms with Crippen LogP contribution in [0.15, 0.2) is 24.3 Å². The molecule has 0 saturated carbocycles. The lowest BCUT2D eigenvalue weighted by molar-refractivity contribution is 0.170. The number of benzene rings is 1. The molecule has 2 aromatic rings. The predicted octanol–water partition coefficient (Wildman–Crippen LogP) is 1.89. The van der Waals surface area contributed by atoms with Crippen molar-refractivity contribution in [3.05, 3.63) is 35.5 Å². The summed E-state index contributed by atoms with van der Waals surface area (Å²) in [6, 6.07) is 9.36. The van der Waals surface area contributed by atoms with Gasteiger partial charge in [0.05, 0.1) is 0 Å². The molecule has 18 heavy (non-hydrogen) atoms. The Morgan fingerprint density at radius 3 is 2.67 bits per heavy atom. The minimum Gasteiger partial charge on any atom is -0.346 e. The highest BCUT2D eigenvalue weighted by Gasteiger charge is 2.23. The molecule has 1 aromatic carbocycles. The van der Waals surface area contributed by atoms with Crippen LogP contribution in [0.25, 0.3) is 10.9 Å². The SMILES string of the molecule is Cc1c(CN(C)C2CNC2)n(C)c2ccccc12. The second kappa shape index (κ2) is 4.41. The normalized spacial score (nSPS) is 16.4. The molecule has 1 fully saturated rings. The highest BCUT2D eigenvalue weighted by atomic mass is 15.2. The number of nitrogens with zero attached hydrogens (tertiary/aromatic N) is 2. The zero-order valence-corrected chi connectivity index (χ0v) is 11.4. The van der Waals surface area contributed by atoms with E-state index in [-0.39, 0.29) is 0 Å². The summed E-state index contributed by atoms with van der Waals surface area (Å²) in [4.78, 5) is 2.46. The van der Waals surface area contributed by atoms with Crippen molar-refractivity contribution >= 4 is 10.9 Å². The minimum absolute atomic E-state index is 0.697. The fraction of sp³-hybridized carbons (Fsp3) is 0.467. The maximum atomic E-state index is 3.34. The summed E-state index contributed by atoms with van der Waals surface area (Å²) in [6.45, 7) is 5.52. The molecule has 0 amide bonds. The number of aromatic nitrogens is 1. The molecule has 1 saturated heterocycles. The number of aryl methyl sites for hydroxylation is 2. The third kappa shape index (κ3) is 1.74. The number of fused-ring (bicyclic) bond motifs is 1. The van der Waals surface area contributed by atoms with E-state index in [1.165, 1.54) is 22.2 Å². The van der Waals surface area contributed by atoms with Crippen LogP contribution in [0.4, 0.5) is 0 Å². The second-order valence-corrected chi connectivity index (χ2v) is 5.38. The highest BCUT2D eigenvalue weighted by Crippen LogP contribution is 2.25. The van der Waals surface area contributed by atoms with Gasteiger partial charge in [-0.1, -0.05) is 18.2 Å². The Kier molecular flexibility index (Phi) is 2.88. The maximum Gasteiger partial charge on any atom is 0.0483 e. The lowest BCUT2D eigenvalue weighted by atomic mass is 10.1. The summed E-state index contributed by atoms with van der Waals surface area (Å²) < 4.78 is 2.34. The smallest absolute Gasteiger partial charge is 0.0483 e. The van der Waals surface area contributed by atoms with Crippen molar-refractivity contribution in [2.45, 2.75) is 19.5 Å². The first-order valence-electron chi connectivity index (χ1n) is 6.62. The van der Waals surface area contributed by atoms with Crippen molar-refractivity contribution in [1.82, 2.24) is 14.8 Å². The van der Waals surface area contributed by atoms with Gasteiger partial charge in [0.25, 0.3) is 0 Å². The zero-order valence-electron chi connectivity index (χ0n) is 11.4. The molecular formula is C15H21N3. The summed E-state index contributed by atoms with van der Waals surface area (Å²) >= 11 is 0. The van der Waals surface area contributed by atoms with Gasteiger partial charge < -0.3 is 9.88 Å². The molecule has 3 nitrogen and oxygen atoms in total. The molecule has 3 rings (SSSR count). The van der Waals surface area contributed by atoms with Crippen LogP contribution in [0.1, 0.15) is 11.3 Å². The monoisotopic (exact) mass is 243 g/mol. The Balaban J connectivity index is 1.95. The van der Waals surface area contributed by atoms with E-state index >= 15 is 0 Å². The van der Waals surface area contributed by atoms with E-state index in [0.29, 0.717) is 6.04 Å². The van der Waals surface area contributed by atoms with E-state index in [4.69, 9.17) is 0 Å². The molecule has 0 radical (unpaired) electrons. The van der Waals surface area contributed by atoms with Crippen LogP contribution in [0.5, 0.6) is 0 Å². The van der Waals surface area contributed by atoms with Crippen molar-refractivity contribution in [2.75, 3.05) is 20.1 Å². The Morgan fingerprint density at radius 2 is 2.06 bits per heavy atom. The van der Waals surface area contributed by atoms with Crippen LogP contribution in [-0.2, 0) is 13.6 Å². The quantitative estimate of drug-likeness (QED) is 0.888. The van der Waals surface area contributed by atoms with E-state index in [9.17, 15) is 0 Å². The van der Waals surface area contributed by atoms with Crippen molar-refractivity contribution in [2.24, 2.45) is 7.05 Å². The van der Waals surface area contributed by atoms with Crippen LogP contribution in [0.3, 0.4) is 0 Å². The largest absolute Gasteiger partial charge is 0.346 e. The van der Waals surface area contributed by atoms with Gasteiger partial charge in [0.1, 0.15) is 0 Å². The average molecular weight is 243 g/mol. The zero-order chi connectivity index (χ0) is 12.7. The average Bonchev–Trinajstić information content (AvgIpc) is 2.53. The lowest BCUT2D eigenvalue weighted by Gasteiger charge is -2.35. The Hall–Kier alpha value is -1.32. The Bertz CT molecular complexity index is 527. The molecule has 1 N–H and O–H groups in total. The van der Waals surface area contributed by atoms with E-state index in [2.05, 4.69) is 60.1 Å². The van der Waals surface area contributed by atoms with E-state index in [1.54, 1.807) is 0 Å². The fourth-order valence-corrected chi connectivity index (χ4v) is 2.81. The molecule has 1 aliphatic rings. The number of likely N-dealkylation sites (N-methyl/N-ethyl adjacent to an activating group) is 1. The number of hydrogen-bond donors (Lipinski definition) is 1. The van der Waals surface area contributed by atoms with Gasteiger partial charge >= 0.3 is 0 Å². The first kappa shape index (κ1) is 11.8. The van der Waals surface area contributed by atoms with Crippen molar-refractivity contribution in [3.8, 4) is 0 Å². The minimum atomic E-state index is 0.697. The molecule has 1 aromatic heterocycles. The molecule has 0 spiro atoms. The van der Waals surface area contributed by atoms with Gasteiger partial charge in [0, 0.05) is 49.3 Å². The van der Waals surface area contributed by atoms with Gasteiger partial charge in [-0.2, -0.15) is 0 Å². The summed E-state index contributed by atoms with van der Waals surface area (Å²) in [5.74, 6) is 0. The molecule has 3 heteroatoms. The molecule has 0 aliphatic carbocycles. The third-order valence-corrected chi connectivity index (χ3v) is 4.29. The second-order valence-electron chi connectivity index (χ2n) is 5.38. The standard InChI is InChI=1S/C15H21N3/c1-11-13-6-4-5-7-14(13)18(3)15(11)10-17(2)12-8-16-9-12/h4-7,12,16H,8-10H2,1-3H3. The van der Waals surface area contributed by atoms with Crippen LogP contribution >= 0.6 is 0 Å². The summed E-state index contributed by atoms with van der Waals surface area (Å²) in [7, 11) is 4.40. The molecule has 0 bridgehead atoms. The first-order valence-corrected chi connectivity index (χ1v) is 6.62. The Labute approximate surface area is 108 Å². The van der Waals surface area contributed by atoms with Crippen LogP contribution in [-0.4, -0.2) is 35.6 Å². The van der Waals surface area contributed by atoms with Gasteiger partial charge in [0.15, 0.2) is 0 Å². The number of rotatable bonds is 3. The number of nitrogens with one attached hydrogen (secondary N) is 1. The third-order valence-electron chi connectivity index (χ3n) is 4.29. The summed E-state index contributed by atoms with van der Waals surface area (Å²) in [5.41, 5.74) is 4.20. The van der Waals surface area contributed by atoms with Crippen LogP contribution in [0, 0.1) is 6.92 Å². The first-order chi connectivity index (χ1) is 8.68. The molecule has 0 unspecified atom stereocenters. The lowest BCUT2D eigenvalue weighted by Crippen LogP contribution is -2.55. The van der Waals surface area contributed by atoms with E-state index < -0.39 is 0 Å². The van der Waals surface area contributed by atoms with E-state index in [1.807, 2.05) is 0 Å². The molecule has 96 valence electrons. The topological polar surface area (TPSA) is 20.2 Å². The predicted molar refractivity (Wildman–Crippen MR) is 75.8 cm³/mol. The van der Waals surface area contributed by atoms with Crippen molar-refractivity contribution < 1.29 is 0 Å². The van der Waals surface area contributed by atoms with Gasteiger partial charge in [-0.05, 0) is 25.6 Å². The molecule has 2 heterocycles. The molecular weight excluding hydrogens is 222 g/mol. The number of hydrogen-bond acceptors (Lipinski definition) is 2. The molecule has 0 atom stereocenters. The highest BCUT2D eigenvalue weighted by molar-refractivity contribution is 5.85. The summed E-state index contributed by atoms with van der Waals surface area (Å²) in [6.07, 6.45) is 0. The van der Waals surface area contributed by atoms with Crippen LogP contribution in [0.2, 0.25) is 0 Å². The number of para-hydroxylation sites is 1. The maximum absolute atomic E-state index is 3.34.